The van der Waals surface area contributed by atoms with E-state index < -0.39 is 16.7 Å². The number of methoxy groups -OCH3 is 1. The number of nitrogens with one attached hydrogen (secondary N) is 1. The third-order valence-electron chi connectivity index (χ3n) is 4.26. The number of carbonyl (C=O) groups excluding carboxylic acids is 2. The van der Waals surface area contributed by atoms with Crippen LogP contribution in [0.15, 0.2) is 18.2 Å². The molecule has 2 rings (SSSR count). The Balaban J connectivity index is 2.20. The topological polar surface area (TPSA) is 102 Å². The fraction of sp³-hybridized carbons (Fsp3) is 0.500. The maximum atomic E-state index is 12.5. The van der Waals surface area contributed by atoms with Crippen LogP contribution in [0.1, 0.15) is 33.1 Å². The summed E-state index contributed by atoms with van der Waals surface area (Å²) in [6.07, 6.45) is 2.72. The number of likely N-dealkylation sites (tertiary alicyclic amines) is 1. The molecule has 2 amide bonds. The van der Waals surface area contributed by atoms with E-state index in [2.05, 4.69) is 5.32 Å². The maximum Gasteiger partial charge on any atom is 0.314 e. The highest BCUT2D eigenvalue weighted by atomic mass is 16.6. The third kappa shape index (κ3) is 3.64. The first-order chi connectivity index (χ1) is 11.3. The van der Waals surface area contributed by atoms with Crippen molar-refractivity contribution in [2.24, 2.45) is 0 Å². The minimum atomic E-state index is -0.825. The van der Waals surface area contributed by atoms with Crippen LogP contribution in [0, 0.1) is 10.1 Å². The van der Waals surface area contributed by atoms with Crippen LogP contribution in [0.3, 0.4) is 0 Å². The Hall–Kier alpha value is -2.64. The van der Waals surface area contributed by atoms with Crippen molar-refractivity contribution in [2.45, 2.75) is 45.2 Å². The number of amides is 2. The van der Waals surface area contributed by atoms with Crippen molar-refractivity contribution in [2.75, 3.05) is 12.4 Å². The molecule has 0 saturated carbocycles. The number of benzene rings is 1. The molecule has 1 aromatic carbocycles. The summed E-state index contributed by atoms with van der Waals surface area (Å²) < 4.78 is 5.09. The highest BCUT2D eigenvalue weighted by Gasteiger charge is 2.33. The number of nitro benzene ring substituents is 1. The molecule has 0 aliphatic carbocycles. The van der Waals surface area contributed by atoms with Crippen LogP contribution in [-0.2, 0) is 9.59 Å². The van der Waals surface area contributed by atoms with Gasteiger partial charge >= 0.3 is 11.8 Å². The average Bonchev–Trinajstić information content (AvgIpc) is 2.54. The largest absolute Gasteiger partial charge is 0.495 e. The van der Waals surface area contributed by atoms with Crippen molar-refractivity contribution in [1.82, 2.24) is 4.90 Å². The number of nitrogens with zero attached hydrogens (tertiary/aromatic N) is 2. The minimum Gasteiger partial charge on any atom is -0.495 e. The minimum absolute atomic E-state index is 0.0148. The number of rotatable bonds is 3. The molecule has 2 atom stereocenters. The number of piperidine rings is 1. The molecule has 130 valence electrons. The molecule has 0 radical (unpaired) electrons. The Kier molecular flexibility index (Phi) is 5.38. The van der Waals surface area contributed by atoms with Gasteiger partial charge in [-0.1, -0.05) is 0 Å². The molecule has 1 heterocycles. The quantitative estimate of drug-likeness (QED) is 0.519. The smallest absolute Gasteiger partial charge is 0.314 e. The molecule has 1 aliphatic heterocycles. The van der Waals surface area contributed by atoms with Crippen molar-refractivity contribution < 1.29 is 19.2 Å². The molecule has 1 fully saturated rings. The Morgan fingerprint density at radius 3 is 2.46 bits per heavy atom. The summed E-state index contributed by atoms with van der Waals surface area (Å²) in [6.45, 7) is 3.82. The second-order valence-corrected chi connectivity index (χ2v) is 5.94. The summed E-state index contributed by atoms with van der Waals surface area (Å²) in [5.41, 5.74) is -0.0966. The number of carbonyl (C=O) groups is 2. The van der Waals surface area contributed by atoms with Gasteiger partial charge < -0.3 is 15.0 Å². The SMILES string of the molecule is COc1ccc([N+](=O)[O-])cc1NC(=O)C(=O)N1C(C)CCCC1C. The molecule has 1 saturated heterocycles. The lowest BCUT2D eigenvalue weighted by molar-refractivity contribution is -0.384. The Bertz CT molecular complexity index is 651. The number of non-ortho nitro benzene ring substituents is 1. The molecule has 0 aromatic heterocycles. The normalized spacial score (nSPS) is 20.4. The Morgan fingerprint density at radius 1 is 1.29 bits per heavy atom. The van der Waals surface area contributed by atoms with Gasteiger partial charge in [0.05, 0.1) is 17.7 Å². The monoisotopic (exact) mass is 335 g/mol. The highest BCUT2D eigenvalue weighted by molar-refractivity contribution is 6.39. The van der Waals surface area contributed by atoms with E-state index in [1.807, 2.05) is 13.8 Å². The van der Waals surface area contributed by atoms with E-state index in [1.54, 1.807) is 4.90 Å². The second-order valence-electron chi connectivity index (χ2n) is 5.94. The lowest BCUT2D eigenvalue weighted by Gasteiger charge is -2.38. The van der Waals surface area contributed by atoms with Crippen molar-refractivity contribution in [3.63, 3.8) is 0 Å². The first-order valence-electron chi connectivity index (χ1n) is 7.81. The first-order valence-corrected chi connectivity index (χ1v) is 7.81. The second kappa shape index (κ2) is 7.29. The zero-order chi connectivity index (χ0) is 17.9. The maximum absolute atomic E-state index is 12.5. The fourth-order valence-electron chi connectivity index (χ4n) is 3.02. The van der Waals surface area contributed by atoms with Gasteiger partial charge in [0.2, 0.25) is 0 Å². The van der Waals surface area contributed by atoms with Gasteiger partial charge in [-0.3, -0.25) is 19.7 Å². The van der Waals surface area contributed by atoms with Crippen LogP contribution in [0.25, 0.3) is 0 Å². The van der Waals surface area contributed by atoms with E-state index in [-0.39, 0.29) is 29.2 Å². The summed E-state index contributed by atoms with van der Waals surface area (Å²) in [5.74, 6) is -1.21. The van der Waals surface area contributed by atoms with Gasteiger partial charge in [-0.2, -0.15) is 0 Å². The van der Waals surface area contributed by atoms with Gasteiger partial charge in [-0.15, -0.1) is 0 Å². The zero-order valence-corrected chi connectivity index (χ0v) is 13.9. The number of nitro groups is 1. The summed E-state index contributed by atoms with van der Waals surface area (Å²) >= 11 is 0. The first kappa shape index (κ1) is 17.7. The van der Waals surface area contributed by atoms with Crippen molar-refractivity contribution >= 4 is 23.2 Å². The lowest BCUT2D eigenvalue weighted by atomic mass is 9.97. The molecule has 0 bridgehead atoms. The van der Waals surface area contributed by atoms with E-state index in [4.69, 9.17) is 4.74 Å². The number of hydrogen-bond acceptors (Lipinski definition) is 5. The van der Waals surface area contributed by atoms with Crippen LogP contribution in [0.5, 0.6) is 5.75 Å². The molecule has 0 spiro atoms. The highest BCUT2D eigenvalue weighted by Crippen LogP contribution is 2.29. The zero-order valence-electron chi connectivity index (χ0n) is 13.9. The van der Waals surface area contributed by atoms with Crippen LogP contribution in [0.2, 0.25) is 0 Å². The van der Waals surface area contributed by atoms with E-state index >= 15 is 0 Å². The molecule has 1 N–H and O–H groups in total. The number of ether oxygens (including phenoxy) is 1. The van der Waals surface area contributed by atoms with Gasteiger partial charge in [-0.25, -0.2) is 0 Å². The van der Waals surface area contributed by atoms with E-state index in [0.29, 0.717) is 0 Å². The van der Waals surface area contributed by atoms with E-state index in [1.165, 1.54) is 25.3 Å². The van der Waals surface area contributed by atoms with Gasteiger partial charge in [0, 0.05) is 24.2 Å². The van der Waals surface area contributed by atoms with Crippen LogP contribution >= 0.6 is 0 Å². The third-order valence-corrected chi connectivity index (χ3v) is 4.26. The summed E-state index contributed by atoms with van der Waals surface area (Å²) in [5, 5.41) is 13.3. The molecule has 24 heavy (non-hydrogen) atoms. The van der Waals surface area contributed by atoms with Gasteiger partial charge in [0.15, 0.2) is 0 Å². The predicted octanol–water partition coefficient (Wildman–Crippen LogP) is 2.33. The van der Waals surface area contributed by atoms with Crippen LogP contribution < -0.4 is 10.1 Å². The van der Waals surface area contributed by atoms with Gasteiger partial charge in [0.25, 0.3) is 5.69 Å². The van der Waals surface area contributed by atoms with Crippen molar-refractivity contribution in [1.29, 1.82) is 0 Å². The summed E-state index contributed by atoms with van der Waals surface area (Å²) in [4.78, 5) is 36.7. The van der Waals surface area contributed by atoms with Crippen LogP contribution in [-0.4, -0.2) is 40.8 Å². The summed E-state index contributed by atoms with van der Waals surface area (Å²) in [7, 11) is 1.38. The Morgan fingerprint density at radius 2 is 1.92 bits per heavy atom. The summed E-state index contributed by atoms with van der Waals surface area (Å²) in [6, 6.07) is 3.79. The average molecular weight is 335 g/mol. The molecule has 1 aliphatic rings. The van der Waals surface area contributed by atoms with Gasteiger partial charge in [0.1, 0.15) is 5.75 Å². The molecular formula is C16H21N3O5. The molecule has 2 unspecified atom stereocenters. The van der Waals surface area contributed by atoms with Gasteiger partial charge in [-0.05, 0) is 39.2 Å². The fourth-order valence-corrected chi connectivity index (χ4v) is 3.02. The van der Waals surface area contributed by atoms with E-state index in [9.17, 15) is 19.7 Å². The lowest BCUT2D eigenvalue weighted by Crippen LogP contribution is -2.51. The van der Waals surface area contributed by atoms with Crippen molar-refractivity contribution in [3.05, 3.63) is 28.3 Å². The number of hydrogen-bond donors (Lipinski definition) is 1. The van der Waals surface area contributed by atoms with Crippen molar-refractivity contribution in [3.8, 4) is 5.75 Å². The number of anilines is 1. The standard InChI is InChI=1S/C16H21N3O5/c1-10-5-4-6-11(2)18(10)16(21)15(20)17-13-9-12(19(22)23)7-8-14(13)24-3/h7-11H,4-6H2,1-3H3,(H,17,20). The molecule has 8 nitrogen and oxygen atoms in total. The molecular weight excluding hydrogens is 314 g/mol. The predicted molar refractivity (Wildman–Crippen MR) is 87.9 cm³/mol. The molecule has 8 heteroatoms. The Labute approximate surface area is 139 Å². The van der Waals surface area contributed by atoms with Crippen LogP contribution in [0.4, 0.5) is 11.4 Å². The molecule has 1 aromatic rings. The van der Waals surface area contributed by atoms with E-state index in [0.717, 1.165) is 19.3 Å².